The summed E-state index contributed by atoms with van der Waals surface area (Å²) in [7, 11) is 0. The zero-order valence-electron chi connectivity index (χ0n) is 13.1. The molecular weight excluding hydrogens is 287 g/mol. The summed E-state index contributed by atoms with van der Waals surface area (Å²) in [6.45, 7) is 5.67. The molecule has 1 unspecified atom stereocenters. The minimum atomic E-state index is -0.921. The highest BCUT2D eigenvalue weighted by Gasteiger charge is 2.16. The largest absolute Gasteiger partial charge is 0.387 e. The van der Waals surface area contributed by atoms with Crippen molar-refractivity contribution in [3.8, 4) is 0 Å². The second kappa shape index (κ2) is 7.89. The number of halogens is 1. The molecule has 1 rings (SSSR count). The molecule has 0 aliphatic carbocycles. The summed E-state index contributed by atoms with van der Waals surface area (Å²) < 4.78 is 12.8. The molecule has 1 aromatic carbocycles. The molecule has 0 bridgehead atoms. The van der Waals surface area contributed by atoms with Crippen LogP contribution in [0.3, 0.4) is 0 Å². The molecular formula is C16H23FN2O3. The lowest BCUT2D eigenvalue weighted by Gasteiger charge is -2.17. The predicted octanol–water partition coefficient (Wildman–Crippen LogP) is 1.53. The van der Waals surface area contributed by atoms with Gasteiger partial charge in [-0.05, 0) is 23.1 Å². The summed E-state index contributed by atoms with van der Waals surface area (Å²) in [6.07, 6.45) is -0.590. The van der Waals surface area contributed by atoms with E-state index in [1.807, 2.05) is 20.8 Å². The molecule has 2 amide bonds. The van der Waals surface area contributed by atoms with Crippen LogP contribution in [0, 0.1) is 11.2 Å². The third-order valence-corrected chi connectivity index (χ3v) is 2.88. The van der Waals surface area contributed by atoms with E-state index in [-0.39, 0.29) is 36.1 Å². The lowest BCUT2D eigenvalue weighted by molar-refractivity contribution is -0.127. The van der Waals surface area contributed by atoms with E-state index in [4.69, 9.17) is 0 Å². The van der Waals surface area contributed by atoms with Gasteiger partial charge in [-0.15, -0.1) is 0 Å². The van der Waals surface area contributed by atoms with Gasteiger partial charge in [0.1, 0.15) is 5.82 Å². The van der Waals surface area contributed by atoms with Crippen molar-refractivity contribution in [2.45, 2.75) is 33.3 Å². The second-order valence-electron chi connectivity index (χ2n) is 6.39. The summed E-state index contributed by atoms with van der Waals surface area (Å²) >= 11 is 0. The van der Waals surface area contributed by atoms with Gasteiger partial charge in [-0.1, -0.05) is 32.9 Å². The number of benzene rings is 1. The Bertz CT molecular complexity index is 509. The molecule has 0 radical (unpaired) electrons. The van der Waals surface area contributed by atoms with Gasteiger partial charge in [-0.2, -0.15) is 0 Å². The molecule has 0 saturated heterocycles. The van der Waals surface area contributed by atoms with Crippen molar-refractivity contribution in [2.75, 3.05) is 13.1 Å². The van der Waals surface area contributed by atoms with E-state index in [1.54, 1.807) is 0 Å². The Hall–Kier alpha value is -1.95. The van der Waals surface area contributed by atoms with Gasteiger partial charge >= 0.3 is 0 Å². The maximum absolute atomic E-state index is 12.8. The predicted molar refractivity (Wildman–Crippen MR) is 81.5 cm³/mol. The number of rotatable bonds is 6. The van der Waals surface area contributed by atoms with Crippen molar-refractivity contribution in [2.24, 2.45) is 5.41 Å². The van der Waals surface area contributed by atoms with Crippen LogP contribution in [-0.2, 0) is 9.59 Å². The Kier molecular flexibility index (Phi) is 6.49. The van der Waals surface area contributed by atoms with E-state index >= 15 is 0 Å². The summed E-state index contributed by atoms with van der Waals surface area (Å²) in [6, 6.07) is 5.40. The van der Waals surface area contributed by atoms with Crippen molar-refractivity contribution < 1.29 is 19.1 Å². The standard InChI is InChI=1S/C16H23FN2O3/c1-16(2,3)8-14(21)19-10-15(22)18-9-13(20)11-4-6-12(17)7-5-11/h4-7,13,20H,8-10H2,1-3H3,(H,18,22)(H,19,21). The van der Waals surface area contributed by atoms with Crippen LogP contribution in [0.15, 0.2) is 24.3 Å². The number of aliphatic hydroxyl groups excluding tert-OH is 1. The summed E-state index contributed by atoms with van der Waals surface area (Å²) in [5.41, 5.74) is 0.373. The fourth-order valence-corrected chi connectivity index (χ4v) is 1.80. The number of hydrogen-bond acceptors (Lipinski definition) is 3. The molecule has 0 fully saturated rings. The summed E-state index contributed by atoms with van der Waals surface area (Å²) in [5.74, 6) is -0.966. The Morgan fingerprint density at radius 3 is 2.27 bits per heavy atom. The highest BCUT2D eigenvalue weighted by atomic mass is 19.1. The smallest absolute Gasteiger partial charge is 0.239 e. The topological polar surface area (TPSA) is 78.4 Å². The van der Waals surface area contributed by atoms with Crippen molar-refractivity contribution in [1.82, 2.24) is 10.6 Å². The molecule has 1 atom stereocenters. The SMILES string of the molecule is CC(C)(C)CC(=O)NCC(=O)NCC(O)c1ccc(F)cc1. The monoisotopic (exact) mass is 310 g/mol. The number of hydrogen-bond donors (Lipinski definition) is 3. The first-order chi connectivity index (χ1) is 10.2. The van der Waals surface area contributed by atoms with E-state index in [0.717, 1.165) is 0 Å². The van der Waals surface area contributed by atoms with Gasteiger partial charge in [-0.25, -0.2) is 4.39 Å². The highest BCUT2D eigenvalue weighted by Crippen LogP contribution is 2.17. The molecule has 22 heavy (non-hydrogen) atoms. The number of aliphatic hydroxyl groups is 1. The Morgan fingerprint density at radius 1 is 1.14 bits per heavy atom. The summed E-state index contributed by atoms with van der Waals surface area (Å²) in [5, 5.41) is 14.9. The van der Waals surface area contributed by atoms with E-state index in [1.165, 1.54) is 24.3 Å². The van der Waals surface area contributed by atoms with Crippen molar-refractivity contribution in [3.05, 3.63) is 35.6 Å². The molecule has 6 heteroatoms. The first-order valence-corrected chi connectivity index (χ1v) is 7.14. The lowest BCUT2D eigenvalue weighted by Crippen LogP contribution is -2.39. The van der Waals surface area contributed by atoms with Gasteiger partial charge in [0, 0.05) is 13.0 Å². The fourth-order valence-electron chi connectivity index (χ4n) is 1.80. The van der Waals surface area contributed by atoms with Crippen LogP contribution in [0.2, 0.25) is 0 Å². The zero-order chi connectivity index (χ0) is 16.8. The Labute approximate surface area is 129 Å². The molecule has 0 heterocycles. The molecule has 0 aliphatic rings. The van der Waals surface area contributed by atoms with E-state index in [2.05, 4.69) is 10.6 Å². The molecule has 3 N–H and O–H groups in total. The average molecular weight is 310 g/mol. The zero-order valence-corrected chi connectivity index (χ0v) is 13.1. The van der Waals surface area contributed by atoms with E-state index < -0.39 is 6.10 Å². The van der Waals surface area contributed by atoms with Gasteiger partial charge < -0.3 is 15.7 Å². The minimum absolute atomic E-state index is 0.000390. The van der Waals surface area contributed by atoms with Crippen molar-refractivity contribution in [1.29, 1.82) is 0 Å². The highest BCUT2D eigenvalue weighted by molar-refractivity contribution is 5.84. The van der Waals surface area contributed by atoms with Gasteiger partial charge in [0.25, 0.3) is 0 Å². The van der Waals surface area contributed by atoms with Gasteiger partial charge in [-0.3, -0.25) is 9.59 Å². The molecule has 0 aromatic heterocycles. The Morgan fingerprint density at radius 2 is 1.73 bits per heavy atom. The number of carbonyl (C=O) groups is 2. The molecule has 1 aromatic rings. The molecule has 5 nitrogen and oxygen atoms in total. The van der Waals surface area contributed by atoms with Crippen molar-refractivity contribution in [3.63, 3.8) is 0 Å². The molecule has 122 valence electrons. The number of amides is 2. The van der Waals surface area contributed by atoms with Crippen LogP contribution >= 0.6 is 0 Å². The van der Waals surface area contributed by atoms with E-state index in [9.17, 15) is 19.1 Å². The second-order valence-corrected chi connectivity index (χ2v) is 6.39. The minimum Gasteiger partial charge on any atom is -0.387 e. The van der Waals surface area contributed by atoms with Gasteiger partial charge in [0.05, 0.1) is 12.6 Å². The van der Waals surface area contributed by atoms with Gasteiger partial charge in [0.2, 0.25) is 11.8 Å². The van der Waals surface area contributed by atoms with Crippen LogP contribution < -0.4 is 10.6 Å². The first kappa shape index (κ1) is 18.1. The molecule has 0 aliphatic heterocycles. The first-order valence-electron chi connectivity index (χ1n) is 7.14. The normalized spacial score (nSPS) is 12.6. The summed E-state index contributed by atoms with van der Waals surface area (Å²) in [4.78, 5) is 23.2. The fraction of sp³-hybridized carbons (Fsp3) is 0.500. The maximum Gasteiger partial charge on any atom is 0.239 e. The van der Waals surface area contributed by atoms with Crippen LogP contribution in [0.5, 0.6) is 0 Å². The van der Waals surface area contributed by atoms with Crippen LogP contribution in [0.1, 0.15) is 38.9 Å². The molecule has 0 saturated carbocycles. The van der Waals surface area contributed by atoms with E-state index in [0.29, 0.717) is 12.0 Å². The lowest BCUT2D eigenvalue weighted by atomic mass is 9.92. The van der Waals surface area contributed by atoms with Gasteiger partial charge in [0.15, 0.2) is 0 Å². The quantitative estimate of drug-likeness (QED) is 0.745. The molecule has 0 spiro atoms. The van der Waals surface area contributed by atoms with Crippen LogP contribution in [-0.4, -0.2) is 30.0 Å². The number of nitrogens with one attached hydrogen (secondary N) is 2. The average Bonchev–Trinajstić information content (AvgIpc) is 2.41. The van der Waals surface area contributed by atoms with Crippen molar-refractivity contribution >= 4 is 11.8 Å². The third-order valence-electron chi connectivity index (χ3n) is 2.88. The maximum atomic E-state index is 12.8. The number of carbonyl (C=O) groups excluding carboxylic acids is 2. The van der Waals surface area contributed by atoms with Crippen LogP contribution in [0.4, 0.5) is 4.39 Å². The third kappa shape index (κ3) is 7.17. The Balaban J connectivity index is 2.31. The van der Waals surface area contributed by atoms with Crippen LogP contribution in [0.25, 0.3) is 0 Å².